The van der Waals surface area contributed by atoms with Crippen molar-refractivity contribution in [3.63, 3.8) is 0 Å². The molecule has 0 bridgehead atoms. The molecule has 0 atom stereocenters. The third-order valence-corrected chi connectivity index (χ3v) is 5.55. The number of methoxy groups -OCH3 is 1. The minimum absolute atomic E-state index is 0.00116. The summed E-state index contributed by atoms with van der Waals surface area (Å²) in [5.74, 6) is 0.536. The number of nitrogens with zero attached hydrogens (tertiary/aromatic N) is 2. The minimum Gasteiger partial charge on any atom is -0.375 e. The van der Waals surface area contributed by atoms with Gasteiger partial charge in [0.1, 0.15) is 6.61 Å². The van der Waals surface area contributed by atoms with E-state index in [0.717, 1.165) is 57.5 Å². The molecule has 0 saturated carbocycles. The zero-order chi connectivity index (χ0) is 19.2. The summed E-state index contributed by atoms with van der Waals surface area (Å²) in [7, 11) is 1.49. The number of piperidine rings is 2. The van der Waals surface area contributed by atoms with Crippen LogP contribution in [-0.4, -0.2) is 56.6 Å². The molecule has 148 valence electrons. The van der Waals surface area contributed by atoms with E-state index < -0.39 is 0 Å². The average Bonchev–Trinajstić information content (AvgIpc) is 2.69. The molecule has 2 fully saturated rings. The average molecular weight is 373 g/mol. The van der Waals surface area contributed by atoms with E-state index in [1.54, 1.807) is 0 Å². The lowest BCUT2D eigenvalue weighted by atomic mass is 9.98. The summed E-state index contributed by atoms with van der Waals surface area (Å²) in [5.41, 5.74) is 2.33. The fraction of sp³-hybridized carbons (Fsp3) is 0.619. The number of nitrogens with one attached hydrogen (secondary N) is 1. The fourth-order valence-corrected chi connectivity index (χ4v) is 3.91. The summed E-state index contributed by atoms with van der Waals surface area (Å²) in [6.45, 7) is 5.81. The van der Waals surface area contributed by atoms with Gasteiger partial charge < -0.3 is 19.9 Å². The Labute approximate surface area is 161 Å². The van der Waals surface area contributed by atoms with Crippen LogP contribution < -0.4 is 10.2 Å². The van der Waals surface area contributed by atoms with Gasteiger partial charge in [-0.15, -0.1) is 0 Å². The molecule has 0 aromatic heterocycles. The molecule has 0 spiro atoms. The first-order valence-electron chi connectivity index (χ1n) is 10.1. The number of hydrogen-bond acceptors (Lipinski definition) is 4. The highest BCUT2D eigenvalue weighted by atomic mass is 16.5. The third kappa shape index (κ3) is 5.01. The number of likely N-dealkylation sites (tertiary alicyclic amines) is 1. The maximum atomic E-state index is 13.3. The van der Waals surface area contributed by atoms with Crippen molar-refractivity contribution in [1.82, 2.24) is 4.90 Å². The van der Waals surface area contributed by atoms with Gasteiger partial charge in [-0.3, -0.25) is 9.59 Å². The molecule has 3 rings (SSSR count). The number of carbonyl (C=O) groups excluding carboxylic acids is 2. The molecule has 6 nitrogen and oxygen atoms in total. The van der Waals surface area contributed by atoms with Crippen LogP contribution in [-0.2, 0) is 9.53 Å². The van der Waals surface area contributed by atoms with Gasteiger partial charge in [-0.1, -0.05) is 6.92 Å². The van der Waals surface area contributed by atoms with E-state index in [-0.39, 0.29) is 18.4 Å². The molecular weight excluding hydrogens is 342 g/mol. The van der Waals surface area contributed by atoms with E-state index in [0.29, 0.717) is 17.2 Å². The Hall–Kier alpha value is -2.08. The summed E-state index contributed by atoms with van der Waals surface area (Å²) < 4.78 is 4.88. The number of hydrogen-bond donors (Lipinski definition) is 1. The molecule has 2 aliphatic heterocycles. The van der Waals surface area contributed by atoms with Gasteiger partial charge in [0.25, 0.3) is 5.91 Å². The Bertz CT molecular complexity index is 663. The van der Waals surface area contributed by atoms with Crippen LogP contribution in [0.4, 0.5) is 11.4 Å². The number of carbonyl (C=O) groups is 2. The molecule has 6 heteroatoms. The summed E-state index contributed by atoms with van der Waals surface area (Å²) in [5, 5.41) is 2.83. The molecule has 27 heavy (non-hydrogen) atoms. The lowest BCUT2D eigenvalue weighted by molar-refractivity contribution is -0.119. The topological polar surface area (TPSA) is 61.9 Å². The Balaban J connectivity index is 1.86. The van der Waals surface area contributed by atoms with E-state index in [4.69, 9.17) is 4.74 Å². The van der Waals surface area contributed by atoms with Crippen LogP contribution in [0, 0.1) is 5.92 Å². The van der Waals surface area contributed by atoms with Gasteiger partial charge in [-0.05, 0) is 56.2 Å². The molecule has 1 aromatic carbocycles. The first-order chi connectivity index (χ1) is 13.1. The van der Waals surface area contributed by atoms with Gasteiger partial charge in [-0.25, -0.2) is 0 Å². The van der Waals surface area contributed by atoms with E-state index in [1.807, 2.05) is 23.1 Å². The highest BCUT2D eigenvalue weighted by Gasteiger charge is 2.26. The highest BCUT2D eigenvalue weighted by Crippen LogP contribution is 2.29. The van der Waals surface area contributed by atoms with Crippen molar-refractivity contribution < 1.29 is 14.3 Å². The monoisotopic (exact) mass is 373 g/mol. The second-order valence-electron chi connectivity index (χ2n) is 7.74. The molecule has 2 amide bonds. The fourth-order valence-electron chi connectivity index (χ4n) is 3.91. The van der Waals surface area contributed by atoms with E-state index in [2.05, 4.69) is 17.1 Å². The Morgan fingerprint density at radius 1 is 1.11 bits per heavy atom. The molecule has 0 radical (unpaired) electrons. The van der Waals surface area contributed by atoms with Crippen molar-refractivity contribution in [1.29, 1.82) is 0 Å². The van der Waals surface area contributed by atoms with Crippen LogP contribution in [0.5, 0.6) is 0 Å². The van der Waals surface area contributed by atoms with E-state index in [9.17, 15) is 9.59 Å². The van der Waals surface area contributed by atoms with Gasteiger partial charge >= 0.3 is 0 Å². The van der Waals surface area contributed by atoms with Crippen LogP contribution in [0.1, 0.15) is 49.4 Å². The highest BCUT2D eigenvalue weighted by molar-refractivity contribution is 6.02. The summed E-state index contributed by atoms with van der Waals surface area (Å²) in [6, 6.07) is 5.69. The molecule has 0 aliphatic carbocycles. The van der Waals surface area contributed by atoms with Gasteiger partial charge in [0, 0.05) is 44.7 Å². The smallest absolute Gasteiger partial charge is 0.256 e. The summed E-state index contributed by atoms with van der Waals surface area (Å²) in [6.07, 6.45) is 5.65. The number of ether oxygens (including phenoxy) is 1. The number of amides is 2. The quantitative estimate of drug-likeness (QED) is 0.861. The lowest BCUT2D eigenvalue weighted by Crippen LogP contribution is -2.39. The van der Waals surface area contributed by atoms with Crippen molar-refractivity contribution in [2.75, 3.05) is 50.1 Å². The lowest BCUT2D eigenvalue weighted by Gasteiger charge is -2.34. The Morgan fingerprint density at radius 3 is 2.48 bits per heavy atom. The normalized spacial score (nSPS) is 18.4. The SMILES string of the molecule is COCC(=O)Nc1ccc(N2CCCCC2)c(C(=O)N2CCC(C)CC2)c1. The number of anilines is 2. The Morgan fingerprint density at radius 2 is 1.81 bits per heavy atom. The molecule has 2 heterocycles. The largest absolute Gasteiger partial charge is 0.375 e. The number of rotatable bonds is 5. The second-order valence-corrected chi connectivity index (χ2v) is 7.74. The number of benzene rings is 1. The molecule has 2 saturated heterocycles. The Kier molecular flexibility index (Phi) is 6.72. The van der Waals surface area contributed by atoms with Crippen molar-refractivity contribution >= 4 is 23.2 Å². The first kappa shape index (κ1) is 19.7. The van der Waals surface area contributed by atoms with Crippen LogP contribution in [0.25, 0.3) is 0 Å². The van der Waals surface area contributed by atoms with Gasteiger partial charge in [0.2, 0.25) is 5.91 Å². The predicted molar refractivity (Wildman–Crippen MR) is 107 cm³/mol. The molecular formula is C21H31N3O3. The van der Waals surface area contributed by atoms with Crippen molar-refractivity contribution in [2.45, 2.75) is 39.0 Å². The van der Waals surface area contributed by atoms with Gasteiger partial charge in [-0.2, -0.15) is 0 Å². The maximum Gasteiger partial charge on any atom is 0.256 e. The van der Waals surface area contributed by atoms with Crippen LogP contribution in [0.3, 0.4) is 0 Å². The minimum atomic E-state index is -0.214. The summed E-state index contributed by atoms with van der Waals surface area (Å²) >= 11 is 0. The van der Waals surface area contributed by atoms with Gasteiger partial charge in [0.15, 0.2) is 0 Å². The third-order valence-electron chi connectivity index (χ3n) is 5.55. The van der Waals surface area contributed by atoms with Crippen LogP contribution in [0.15, 0.2) is 18.2 Å². The molecule has 1 N–H and O–H groups in total. The zero-order valence-electron chi connectivity index (χ0n) is 16.5. The van der Waals surface area contributed by atoms with Crippen molar-refractivity contribution in [2.24, 2.45) is 5.92 Å². The molecule has 1 aromatic rings. The second kappa shape index (κ2) is 9.22. The van der Waals surface area contributed by atoms with Crippen LogP contribution in [0.2, 0.25) is 0 Å². The van der Waals surface area contributed by atoms with Crippen molar-refractivity contribution in [3.05, 3.63) is 23.8 Å². The summed E-state index contributed by atoms with van der Waals surface area (Å²) in [4.78, 5) is 29.4. The molecule has 2 aliphatic rings. The standard InChI is InChI=1S/C21H31N3O3/c1-16-8-12-24(13-9-16)21(26)18-14-17(22-20(25)15-27-2)6-7-19(18)23-10-4-3-5-11-23/h6-7,14,16H,3-5,8-13,15H2,1-2H3,(H,22,25). The predicted octanol–water partition coefficient (Wildman–Crippen LogP) is 3.13. The molecule has 0 unspecified atom stereocenters. The van der Waals surface area contributed by atoms with Crippen molar-refractivity contribution in [3.8, 4) is 0 Å². The van der Waals surface area contributed by atoms with E-state index in [1.165, 1.54) is 13.5 Å². The maximum absolute atomic E-state index is 13.3. The van der Waals surface area contributed by atoms with Gasteiger partial charge in [0.05, 0.1) is 5.56 Å². The van der Waals surface area contributed by atoms with Crippen LogP contribution >= 0.6 is 0 Å². The zero-order valence-corrected chi connectivity index (χ0v) is 16.5. The first-order valence-corrected chi connectivity index (χ1v) is 10.1. The van der Waals surface area contributed by atoms with E-state index >= 15 is 0 Å².